The number of amides is 1. The molecule has 0 fully saturated rings. The van der Waals surface area contributed by atoms with E-state index in [1.165, 1.54) is 0 Å². The van der Waals surface area contributed by atoms with Crippen LogP contribution in [0.25, 0.3) is 0 Å². The number of rotatable bonds is 7. The largest absolute Gasteiger partial charge is 0.460 e. The summed E-state index contributed by atoms with van der Waals surface area (Å²) in [5.41, 5.74) is 0.218. The first-order valence-electron chi connectivity index (χ1n) is 7.31. The Kier molecular flexibility index (Phi) is 8.07. The molecule has 0 aromatic heterocycles. The Morgan fingerprint density at radius 2 is 1.81 bits per heavy atom. The predicted octanol–water partition coefficient (Wildman–Crippen LogP) is 3.29. The van der Waals surface area contributed by atoms with Crippen molar-refractivity contribution >= 4 is 12.1 Å². The van der Waals surface area contributed by atoms with Crippen molar-refractivity contribution in [1.29, 1.82) is 0 Å². The van der Waals surface area contributed by atoms with Crippen molar-refractivity contribution in [3.63, 3.8) is 0 Å². The first-order chi connectivity index (χ1) is 9.54. The maximum atomic E-state index is 11.8. The van der Waals surface area contributed by atoms with Crippen LogP contribution < -0.4 is 5.32 Å². The molecule has 0 spiro atoms. The summed E-state index contributed by atoms with van der Waals surface area (Å²) in [6, 6.07) is 0. The quantitative estimate of drug-likeness (QED) is 0.445. The lowest BCUT2D eigenvalue weighted by molar-refractivity contribution is -0.138. The van der Waals surface area contributed by atoms with Crippen molar-refractivity contribution in [2.75, 3.05) is 13.2 Å². The second kappa shape index (κ2) is 8.70. The van der Waals surface area contributed by atoms with E-state index in [1.807, 2.05) is 20.8 Å². The Labute approximate surface area is 128 Å². The van der Waals surface area contributed by atoms with Gasteiger partial charge in [0.25, 0.3) is 0 Å². The Balaban J connectivity index is 4.15. The lowest BCUT2D eigenvalue weighted by Gasteiger charge is -2.31. The van der Waals surface area contributed by atoms with E-state index >= 15 is 0 Å². The number of esters is 1. The van der Waals surface area contributed by atoms with E-state index in [-0.39, 0.29) is 24.7 Å². The number of hydrogen-bond donors (Lipinski definition) is 1. The van der Waals surface area contributed by atoms with Crippen LogP contribution >= 0.6 is 0 Å². The average Bonchev–Trinajstić information content (AvgIpc) is 2.31. The average molecular weight is 299 g/mol. The zero-order valence-electron chi connectivity index (χ0n) is 14.1. The van der Waals surface area contributed by atoms with Crippen LogP contribution in [0.5, 0.6) is 0 Å². The molecular formula is C16H29NO4. The number of nitrogens with one attached hydrogen (secondary N) is 1. The van der Waals surface area contributed by atoms with Crippen LogP contribution in [-0.2, 0) is 14.3 Å². The molecule has 0 saturated carbocycles. The molecule has 1 amide bonds. The number of carbonyl (C=O) groups is 2. The summed E-state index contributed by atoms with van der Waals surface area (Å²) < 4.78 is 10.4. The minimum Gasteiger partial charge on any atom is -0.460 e. The molecule has 5 heteroatoms. The topological polar surface area (TPSA) is 64.6 Å². The molecule has 1 N–H and O–H groups in total. The maximum absolute atomic E-state index is 11.8. The number of hydrogen-bond acceptors (Lipinski definition) is 4. The van der Waals surface area contributed by atoms with Crippen LogP contribution in [-0.4, -0.2) is 31.3 Å². The second-order valence-corrected chi connectivity index (χ2v) is 6.73. The van der Waals surface area contributed by atoms with E-state index in [9.17, 15) is 9.59 Å². The maximum Gasteiger partial charge on any atom is 0.407 e. The highest BCUT2D eigenvalue weighted by Gasteiger charge is 2.28. The summed E-state index contributed by atoms with van der Waals surface area (Å²) in [5.74, 6) is -0.0175. The van der Waals surface area contributed by atoms with Crippen LogP contribution in [0, 0.1) is 11.3 Å². The molecule has 0 saturated heterocycles. The van der Waals surface area contributed by atoms with Gasteiger partial charge in [0, 0.05) is 5.57 Å². The van der Waals surface area contributed by atoms with Gasteiger partial charge in [-0.3, -0.25) is 0 Å². The fraction of sp³-hybridized carbons (Fsp3) is 0.750. The van der Waals surface area contributed by atoms with Crippen molar-refractivity contribution in [2.24, 2.45) is 11.3 Å². The summed E-state index contributed by atoms with van der Waals surface area (Å²) in [7, 11) is 0. The van der Waals surface area contributed by atoms with Crippen LogP contribution in [0.4, 0.5) is 4.79 Å². The highest BCUT2D eigenvalue weighted by molar-refractivity contribution is 5.86. The molecule has 122 valence electrons. The van der Waals surface area contributed by atoms with Crippen LogP contribution in [0.2, 0.25) is 0 Å². The number of alkyl carbamates (subject to hydrolysis) is 1. The monoisotopic (exact) mass is 299 g/mol. The van der Waals surface area contributed by atoms with Gasteiger partial charge < -0.3 is 14.8 Å². The zero-order valence-corrected chi connectivity index (χ0v) is 14.1. The third kappa shape index (κ3) is 9.10. The summed E-state index contributed by atoms with van der Waals surface area (Å²) in [6.07, 6.45) is 0.166. The molecule has 0 radical (unpaired) electrons. The van der Waals surface area contributed by atoms with E-state index in [2.05, 4.69) is 25.7 Å². The molecule has 0 aliphatic heterocycles. The van der Waals surface area contributed by atoms with Gasteiger partial charge in [-0.05, 0) is 24.7 Å². The van der Waals surface area contributed by atoms with E-state index in [4.69, 9.17) is 9.47 Å². The molecule has 5 nitrogen and oxygen atoms in total. The fourth-order valence-electron chi connectivity index (χ4n) is 1.60. The van der Waals surface area contributed by atoms with Crippen molar-refractivity contribution in [2.45, 2.75) is 54.1 Å². The Bertz CT molecular complexity index is 369. The van der Waals surface area contributed by atoms with E-state index in [1.54, 1.807) is 6.92 Å². The van der Waals surface area contributed by atoms with Gasteiger partial charge in [0.05, 0.1) is 6.54 Å². The molecule has 0 bridgehead atoms. The van der Waals surface area contributed by atoms with Crippen LogP contribution in [0.3, 0.4) is 0 Å². The molecule has 0 aromatic rings. The normalized spacial score (nSPS) is 12.7. The minimum atomic E-state index is -0.484. The molecular weight excluding hydrogens is 270 g/mol. The standard InChI is InChI=1S/C16H29NO4/c1-11(2)10-13(16(5,6)7)21-15(19)17-8-9-20-14(18)12(3)4/h11,13H,3,8-10H2,1-2,4-7H3,(H,17,19). The molecule has 0 rings (SSSR count). The Hall–Kier alpha value is -1.52. The van der Waals surface area contributed by atoms with Gasteiger partial charge in [-0.25, -0.2) is 9.59 Å². The van der Waals surface area contributed by atoms with Crippen molar-refractivity contribution in [3.8, 4) is 0 Å². The zero-order chi connectivity index (χ0) is 16.6. The van der Waals surface area contributed by atoms with E-state index < -0.39 is 12.1 Å². The third-order valence-corrected chi connectivity index (χ3v) is 2.85. The Morgan fingerprint density at radius 1 is 1.24 bits per heavy atom. The second-order valence-electron chi connectivity index (χ2n) is 6.73. The van der Waals surface area contributed by atoms with Crippen LogP contribution in [0.1, 0.15) is 48.0 Å². The predicted molar refractivity (Wildman–Crippen MR) is 83.0 cm³/mol. The smallest absolute Gasteiger partial charge is 0.407 e. The highest BCUT2D eigenvalue weighted by Crippen LogP contribution is 2.27. The van der Waals surface area contributed by atoms with Crippen molar-refractivity contribution in [1.82, 2.24) is 5.32 Å². The summed E-state index contributed by atoms with van der Waals surface area (Å²) in [5, 5.41) is 2.58. The molecule has 0 aromatic carbocycles. The molecule has 0 heterocycles. The molecule has 1 unspecified atom stereocenters. The summed E-state index contributed by atoms with van der Waals surface area (Å²) in [4.78, 5) is 22.9. The molecule has 21 heavy (non-hydrogen) atoms. The summed E-state index contributed by atoms with van der Waals surface area (Å²) in [6.45, 7) is 15.7. The van der Waals surface area contributed by atoms with Crippen LogP contribution in [0.15, 0.2) is 12.2 Å². The van der Waals surface area contributed by atoms with Gasteiger partial charge in [-0.15, -0.1) is 0 Å². The molecule has 1 atom stereocenters. The molecule has 0 aliphatic rings. The van der Waals surface area contributed by atoms with Gasteiger partial charge >= 0.3 is 12.1 Å². The van der Waals surface area contributed by atoms with Gasteiger partial charge in [0.2, 0.25) is 0 Å². The SMILES string of the molecule is C=C(C)C(=O)OCCNC(=O)OC(CC(C)C)C(C)(C)C. The van der Waals surface area contributed by atoms with Gasteiger partial charge in [-0.1, -0.05) is 41.2 Å². The van der Waals surface area contributed by atoms with Gasteiger partial charge in [0.15, 0.2) is 0 Å². The van der Waals surface area contributed by atoms with E-state index in [0.29, 0.717) is 11.5 Å². The van der Waals surface area contributed by atoms with E-state index in [0.717, 1.165) is 6.42 Å². The minimum absolute atomic E-state index is 0.102. The third-order valence-electron chi connectivity index (χ3n) is 2.85. The number of carbonyl (C=O) groups excluding carboxylic acids is 2. The van der Waals surface area contributed by atoms with Crippen molar-refractivity contribution in [3.05, 3.63) is 12.2 Å². The molecule has 0 aliphatic carbocycles. The fourth-order valence-corrected chi connectivity index (χ4v) is 1.60. The van der Waals surface area contributed by atoms with Gasteiger partial charge in [-0.2, -0.15) is 0 Å². The van der Waals surface area contributed by atoms with Crippen molar-refractivity contribution < 1.29 is 19.1 Å². The lowest BCUT2D eigenvalue weighted by atomic mass is 9.84. The first kappa shape index (κ1) is 19.5. The Morgan fingerprint density at radius 3 is 2.24 bits per heavy atom. The first-order valence-corrected chi connectivity index (χ1v) is 7.31. The summed E-state index contributed by atoms with van der Waals surface area (Å²) >= 11 is 0. The van der Waals surface area contributed by atoms with Gasteiger partial charge in [0.1, 0.15) is 12.7 Å². The number of ether oxygens (including phenoxy) is 2. The highest BCUT2D eigenvalue weighted by atomic mass is 16.6. The lowest BCUT2D eigenvalue weighted by Crippen LogP contribution is -2.38.